The van der Waals surface area contributed by atoms with Crippen molar-refractivity contribution in [1.82, 2.24) is 10.2 Å². The number of rotatable bonds is 9. The fraction of sp³-hybridized carbons (Fsp3) is 1.00. The van der Waals surface area contributed by atoms with Gasteiger partial charge in [0.05, 0.1) is 0 Å². The normalized spacial score (nSPS) is 24.0. The van der Waals surface area contributed by atoms with E-state index in [1.807, 2.05) is 0 Å². The van der Waals surface area contributed by atoms with Gasteiger partial charge in [0.2, 0.25) is 0 Å². The molecule has 0 aromatic heterocycles. The standard InChI is InChI=1S/C17H36N2/c1-6-9-17(5,13-18-10-7-2)14-19-11-8-16(12-19)15(3)4/h15-16,18H,6-14H2,1-5H3. The van der Waals surface area contributed by atoms with E-state index in [-0.39, 0.29) is 0 Å². The Balaban J connectivity index is 2.44. The first-order valence-corrected chi connectivity index (χ1v) is 8.44. The summed E-state index contributed by atoms with van der Waals surface area (Å²) >= 11 is 0. The fourth-order valence-electron chi connectivity index (χ4n) is 3.48. The Hall–Kier alpha value is -0.0800. The van der Waals surface area contributed by atoms with Gasteiger partial charge < -0.3 is 10.2 Å². The van der Waals surface area contributed by atoms with Gasteiger partial charge >= 0.3 is 0 Å². The Morgan fingerprint density at radius 1 is 1.26 bits per heavy atom. The van der Waals surface area contributed by atoms with E-state index < -0.39 is 0 Å². The number of likely N-dealkylation sites (tertiary alicyclic amines) is 1. The maximum Gasteiger partial charge on any atom is 0.00476 e. The number of hydrogen-bond acceptors (Lipinski definition) is 2. The second kappa shape index (κ2) is 8.26. The molecule has 0 bridgehead atoms. The van der Waals surface area contributed by atoms with Crippen molar-refractivity contribution in [3.63, 3.8) is 0 Å². The first-order valence-electron chi connectivity index (χ1n) is 8.44. The van der Waals surface area contributed by atoms with Crippen LogP contribution in [0.15, 0.2) is 0 Å². The lowest BCUT2D eigenvalue weighted by Gasteiger charge is -2.34. The van der Waals surface area contributed by atoms with Crippen LogP contribution in [0.1, 0.15) is 60.3 Å². The molecule has 0 saturated carbocycles. The molecule has 1 saturated heterocycles. The van der Waals surface area contributed by atoms with Crippen molar-refractivity contribution in [1.29, 1.82) is 0 Å². The fourth-order valence-corrected chi connectivity index (χ4v) is 3.48. The Bertz CT molecular complexity index is 239. The summed E-state index contributed by atoms with van der Waals surface area (Å²) in [6.07, 6.45) is 5.28. The van der Waals surface area contributed by atoms with Crippen LogP contribution >= 0.6 is 0 Å². The average Bonchev–Trinajstić information content (AvgIpc) is 2.78. The van der Waals surface area contributed by atoms with Crippen LogP contribution in [0.25, 0.3) is 0 Å². The van der Waals surface area contributed by atoms with Crippen molar-refractivity contribution in [2.45, 2.75) is 60.3 Å². The highest BCUT2D eigenvalue weighted by Crippen LogP contribution is 2.29. The molecule has 1 aliphatic heterocycles. The summed E-state index contributed by atoms with van der Waals surface area (Å²) in [6.45, 7) is 18.1. The highest BCUT2D eigenvalue weighted by molar-refractivity contribution is 4.85. The molecular formula is C17H36N2. The summed E-state index contributed by atoms with van der Waals surface area (Å²) < 4.78 is 0. The molecule has 2 nitrogen and oxygen atoms in total. The Morgan fingerprint density at radius 2 is 2.00 bits per heavy atom. The van der Waals surface area contributed by atoms with Crippen molar-refractivity contribution in [3.05, 3.63) is 0 Å². The van der Waals surface area contributed by atoms with Gasteiger partial charge in [0.15, 0.2) is 0 Å². The predicted octanol–water partition coefficient (Wildman–Crippen LogP) is 3.77. The van der Waals surface area contributed by atoms with Crippen LogP contribution in [-0.2, 0) is 0 Å². The third kappa shape index (κ3) is 5.83. The highest BCUT2D eigenvalue weighted by atomic mass is 15.2. The molecule has 1 N–H and O–H groups in total. The van der Waals surface area contributed by atoms with Crippen molar-refractivity contribution in [3.8, 4) is 0 Å². The Labute approximate surface area is 121 Å². The minimum absolute atomic E-state index is 0.454. The maximum atomic E-state index is 3.64. The molecule has 1 heterocycles. The van der Waals surface area contributed by atoms with Gasteiger partial charge in [0, 0.05) is 19.6 Å². The summed E-state index contributed by atoms with van der Waals surface area (Å²) in [5.74, 6) is 1.77. The molecule has 2 heteroatoms. The first-order chi connectivity index (χ1) is 9.00. The van der Waals surface area contributed by atoms with Crippen LogP contribution in [0.5, 0.6) is 0 Å². The summed E-state index contributed by atoms with van der Waals surface area (Å²) in [5, 5.41) is 3.64. The largest absolute Gasteiger partial charge is 0.316 e. The first kappa shape index (κ1) is 17.0. The van der Waals surface area contributed by atoms with Gasteiger partial charge in [0.25, 0.3) is 0 Å². The molecule has 0 spiro atoms. The van der Waals surface area contributed by atoms with E-state index in [0.29, 0.717) is 5.41 Å². The average molecular weight is 268 g/mol. The van der Waals surface area contributed by atoms with Crippen molar-refractivity contribution >= 4 is 0 Å². The summed E-state index contributed by atoms with van der Waals surface area (Å²) in [6, 6.07) is 0. The molecule has 114 valence electrons. The number of nitrogens with zero attached hydrogens (tertiary/aromatic N) is 1. The maximum absolute atomic E-state index is 3.64. The monoisotopic (exact) mass is 268 g/mol. The van der Waals surface area contributed by atoms with E-state index >= 15 is 0 Å². The van der Waals surface area contributed by atoms with Gasteiger partial charge in [-0.15, -0.1) is 0 Å². The Kier molecular flexibility index (Phi) is 7.38. The van der Waals surface area contributed by atoms with Gasteiger partial charge in [-0.25, -0.2) is 0 Å². The van der Waals surface area contributed by atoms with Gasteiger partial charge in [-0.2, -0.15) is 0 Å². The van der Waals surface area contributed by atoms with Gasteiger partial charge in [-0.3, -0.25) is 0 Å². The van der Waals surface area contributed by atoms with Crippen LogP contribution in [0.2, 0.25) is 0 Å². The summed E-state index contributed by atoms with van der Waals surface area (Å²) in [4.78, 5) is 2.72. The quantitative estimate of drug-likeness (QED) is 0.640. The zero-order valence-corrected chi connectivity index (χ0v) is 14.0. The zero-order chi connectivity index (χ0) is 14.3. The van der Waals surface area contributed by atoms with Crippen LogP contribution in [-0.4, -0.2) is 37.6 Å². The molecule has 1 rings (SSSR count). The number of hydrogen-bond donors (Lipinski definition) is 1. The molecule has 0 amide bonds. The third-order valence-corrected chi connectivity index (χ3v) is 4.69. The minimum atomic E-state index is 0.454. The van der Waals surface area contributed by atoms with E-state index in [0.717, 1.165) is 18.4 Å². The Morgan fingerprint density at radius 3 is 2.53 bits per heavy atom. The second-order valence-corrected chi connectivity index (χ2v) is 7.27. The summed E-state index contributed by atoms with van der Waals surface area (Å²) in [7, 11) is 0. The van der Waals surface area contributed by atoms with E-state index in [2.05, 4.69) is 44.8 Å². The van der Waals surface area contributed by atoms with Crippen LogP contribution in [0, 0.1) is 17.3 Å². The second-order valence-electron chi connectivity index (χ2n) is 7.27. The van der Waals surface area contributed by atoms with Crippen molar-refractivity contribution < 1.29 is 0 Å². The molecule has 0 aliphatic carbocycles. The SMILES string of the molecule is CCCNCC(C)(CCC)CN1CCC(C(C)C)C1. The summed E-state index contributed by atoms with van der Waals surface area (Å²) in [5.41, 5.74) is 0.454. The lowest BCUT2D eigenvalue weighted by atomic mass is 9.84. The molecule has 2 atom stereocenters. The molecule has 0 aromatic carbocycles. The molecular weight excluding hydrogens is 232 g/mol. The minimum Gasteiger partial charge on any atom is -0.316 e. The molecule has 1 aliphatic rings. The highest BCUT2D eigenvalue weighted by Gasteiger charge is 2.31. The van der Waals surface area contributed by atoms with Gasteiger partial charge in [0.1, 0.15) is 0 Å². The molecule has 1 fully saturated rings. The van der Waals surface area contributed by atoms with Crippen LogP contribution in [0.3, 0.4) is 0 Å². The van der Waals surface area contributed by atoms with Gasteiger partial charge in [-0.05, 0) is 49.6 Å². The smallest absolute Gasteiger partial charge is 0.00476 e. The zero-order valence-electron chi connectivity index (χ0n) is 14.0. The van der Waals surface area contributed by atoms with Crippen LogP contribution < -0.4 is 5.32 Å². The van der Waals surface area contributed by atoms with E-state index in [4.69, 9.17) is 0 Å². The van der Waals surface area contributed by atoms with Crippen molar-refractivity contribution in [2.75, 3.05) is 32.7 Å². The molecule has 0 radical (unpaired) electrons. The van der Waals surface area contributed by atoms with E-state index in [1.54, 1.807) is 0 Å². The third-order valence-electron chi connectivity index (χ3n) is 4.69. The van der Waals surface area contributed by atoms with Crippen LogP contribution in [0.4, 0.5) is 0 Å². The predicted molar refractivity (Wildman–Crippen MR) is 85.6 cm³/mol. The lowest BCUT2D eigenvalue weighted by Crippen LogP contribution is -2.42. The molecule has 2 unspecified atom stereocenters. The lowest BCUT2D eigenvalue weighted by molar-refractivity contribution is 0.166. The topological polar surface area (TPSA) is 15.3 Å². The number of nitrogens with one attached hydrogen (secondary N) is 1. The molecule has 19 heavy (non-hydrogen) atoms. The van der Waals surface area contributed by atoms with E-state index in [1.165, 1.54) is 51.9 Å². The van der Waals surface area contributed by atoms with E-state index in [9.17, 15) is 0 Å². The van der Waals surface area contributed by atoms with Gasteiger partial charge in [-0.1, -0.05) is 41.0 Å². The van der Waals surface area contributed by atoms with Crippen molar-refractivity contribution in [2.24, 2.45) is 17.3 Å². The molecule has 0 aromatic rings.